The lowest BCUT2D eigenvalue weighted by Crippen LogP contribution is -2.36. The lowest BCUT2D eigenvalue weighted by molar-refractivity contribution is -0.137. The fourth-order valence-electron chi connectivity index (χ4n) is 5.78. The van der Waals surface area contributed by atoms with Crippen molar-refractivity contribution < 1.29 is 14.7 Å². The number of amides is 1. The van der Waals surface area contributed by atoms with Gasteiger partial charge in [0.2, 0.25) is 0 Å². The van der Waals surface area contributed by atoms with Crippen molar-refractivity contribution in [2.24, 2.45) is 0 Å². The Balaban J connectivity index is 1.50. The number of carboxylic acids is 1. The average Bonchev–Trinajstić information content (AvgIpc) is 3.33. The fourth-order valence-corrected chi connectivity index (χ4v) is 5.78. The Labute approximate surface area is 223 Å². The van der Waals surface area contributed by atoms with Crippen LogP contribution in [0.3, 0.4) is 0 Å². The van der Waals surface area contributed by atoms with E-state index in [1.54, 1.807) is 0 Å². The van der Waals surface area contributed by atoms with Gasteiger partial charge in [-0.15, -0.1) is 5.10 Å². The third-order valence-electron chi connectivity index (χ3n) is 8.01. The molecular weight excluding hydrogens is 476 g/mol. The smallest absolute Gasteiger partial charge is 0.304 e. The molecule has 0 bridgehead atoms. The first-order chi connectivity index (χ1) is 18.2. The summed E-state index contributed by atoms with van der Waals surface area (Å²) < 4.78 is 1.85. The summed E-state index contributed by atoms with van der Waals surface area (Å²) in [7, 11) is 0. The summed E-state index contributed by atoms with van der Waals surface area (Å²) in [5.41, 5.74) is 10.9. The van der Waals surface area contributed by atoms with Gasteiger partial charge in [-0.25, -0.2) is 4.68 Å². The number of carboxylic acid groups (broad SMARTS) is 1. The molecule has 1 N–H and O–H groups in total. The van der Waals surface area contributed by atoms with Crippen molar-refractivity contribution in [2.75, 3.05) is 6.54 Å². The predicted octanol–water partition coefficient (Wildman–Crippen LogP) is 5.49. The number of carbonyl (C=O) groups is 2. The van der Waals surface area contributed by atoms with Crippen LogP contribution in [0.2, 0.25) is 0 Å². The molecule has 0 spiro atoms. The van der Waals surface area contributed by atoms with Crippen LogP contribution >= 0.6 is 0 Å². The molecule has 0 fully saturated rings. The van der Waals surface area contributed by atoms with Crippen LogP contribution in [-0.2, 0) is 24.3 Å². The Morgan fingerprint density at radius 3 is 2.53 bits per heavy atom. The molecule has 1 amide bonds. The lowest BCUT2D eigenvalue weighted by atomic mass is 9.83. The van der Waals surface area contributed by atoms with Crippen molar-refractivity contribution in [1.82, 2.24) is 19.9 Å². The molecule has 0 unspecified atom stereocenters. The molecule has 0 radical (unpaired) electrons. The van der Waals surface area contributed by atoms with E-state index in [1.807, 2.05) is 68.5 Å². The number of fused-ring (bicyclic) bond motifs is 2. The molecule has 1 aliphatic rings. The van der Waals surface area contributed by atoms with Gasteiger partial charge < -0.3 is 10.0 Å². The predicted molar refractivity (Wildman–Crippen MR) is 148 cm³/mol. The van der Waals surface area contributed by atoms with Crippen molar-refractivity contribution in [3.8, 4) is 0 Å². The molecule has 1 atom stereocenters. The zero-order valence-electron chi connectivity index (χ0n) is 22.7. The minimum absolute atomic E-state index is 0.0303. The van der Waals surface area contributed by atoms with Gasteiger partial charge in [0.1, 0.15) is 5.52 Å². The van der Waals surface area contributed by atoms with Gasteiger partial charge >= 0.3 is 5.97 Å². The van der Waals surface area contributed by atoms with Crippen LogP contribution in [0.15, 0.2) is 42.5 Å². The highest BCUT2D eigenvalue weighted by Gasteiger charge is 2.27. The Hall–Kier alpha value is -4.00. The Morgan fingerprint density at radius 2 is 1.79 bits per heavy atom. The summed E-state index contributed by atoms with van der Waals surface area (Å²) in [6, 6.07) is 14.3. The standard InChI is InChI=1S/C31H34N4O3/c1-6-35-28-10-9-25(21(5)30(28)32-33-35)27(16-29(36)37)23-8-7-22-11-12-34(17-24(22)15-23)31(38)26-14-18(2)13-19(3)20(26)4/h7-10,13-15,27H,6,11-12,16-17H2,1-5H3,(H,36,37)/t27-/m0/s1. The second-order valence-corrected chi connectivity index (χ2v) is 10.5. The average molecular weight is 511 g/mol. The highest BCUT2D eigenvalue weighted by Crippen LogP contribution is 2.35. The van der Waals surface area contributed by atoms with Crippen LogP contribution < -0.4 is 0 Å². The Kier molecular flexibility index (Phi) is 6.78. The molecule has 1 aromatic heterocycles. The van der Waals surface area contributed by atoms with E-state index >= 15 is 0 Å². The largest absolute Gasteiger partial charge is 0.481 e. The van der Waals surface area contributed by atoms with Crippen LogP contribution in [-0.4, -0.2) is 43.4 Å². The van der Waals surface area contributed by atoms with Gasteiger partial charge in [0, 0.05) is 31.1 Å². The summed E-state index contributed by atoms with van der Waals surface area (Å²) in [5.74, 6) is -1.14. The van der Waals surface area contributed by atoms with Crippen LogP contribution in [0.1, 0.15) is 74.1 Å². The monoisotopic (exact) mass is 510 g/mol. The number of benzene rings is 3. The molecule has 0 saturated heterocycles. The molecule has 7 heteroatoms. The number of hydrogen-bond donors (Lipinski definition) is 1. The molecule has 7 nitrogen and oxygen atoms in total. The number of carbonyl (C=O) groups excluding carboxylic acids is 1. The Morgan fingerprint density at radius 1 is 1.00 bits per heavy atom. The first-order valence-corrected chi connectivity index (χ1v) is 13.2. The zero-order chi connectivity index (χ0) is 27.1. The molecule has 196 valence electrons. The summed E-state index contributed by atoms with van der Waals surface area (Å²) in [6.45, 7) is 12.0. The molecule has 0 saturated carbocycles. The number of aliphatic carboxylic acids is 1. The van der Waals surface area contributed by atoms with E-state index in [1.165, 1.54) is 5.56 Å². The van der Waals surface area contributed by atoms with Gasteiger partial charge in [0.25, 0.3) is 5.91 Å². The number of rotatable bonds is 6. The lowest BCUT2D eigenvalue weighted by Gasteiger charge is -2.31. The van der Waals surface area contributed by atoms with Crippen molar-refractivity contribution in [3.63, 3.8) is 0 Å². The highest BCUT2D eigenvalue weighted by molar-refractivity contribution is 5.96. The van der Waals surface area contributed by atoms with E-state index < -0.39 is 5.97 Å². The van der Waals surface area contributed by atoms with E-state index in [0.29, 0.717) is 13.1 Å². The summed E-state index contributed by atoms with van der Waals surface area (Å²) in [6.07, 6.45) is 0.747. The van der Waals surface area contributed by atoms with Crippen molar-refractivity contribution in [1.29, 1.82) is 0 Å². The molecular formula is C31H34N4O3. The van der Waals surface area contributed by atoms with E-state index in [2.05, 4.69) is 28.5 Å². The van der Waals surface area contributed by atoms with Gasteiger partial charge in [-0.2, -0.15) is 0 Å². The van der Waals surface area contributed by atoms with Gasteiger partial charge in [0.15, 0.2) is 0 Å². The quantitative estimate of drug-likeness (QED) is 0.371. The molecule has 5 rings (SSSR count). The maximum atomic E-state index is 13.5. The molecule has 1 aliphatic heterocycles. The minimum Gasteiger partial charge on any atom is -0.481 e. The van der Waals surface area contributed by atoms with Gasteiger partial charge in [-0.3, -0.25) is 9.59 Å². The van der Waals surface area contributed by atoms with E-state index in [0.717, 1.165) is 68.5 Å². The molecule has 0 aliphatic carbocycles. The van der Waals surface area contributed by atoms with Crippen LogP contribution in [0.25, 0.3) is 11.0 Å². The molecule has 38 heavy (non-hydrogen) atoms. The fraction of sp³-hybridized carbons (Fsp3) is 0.355. The topological polar surface area (TPSA) is 88.3 Å². The normalized spacial score (nSPS) is 14.0. The number of hydrogen-bond acceptors (Lipinski definition) is 4. The third kappa shape index (κ3) is 4.57. The molecule has 4 aromatic rings. The highest BCUT2D eigenvalue weighted by atomic mass is 16.4. The summed E-state index contributed by atoms with van der Waals surface area (Å²) in [4.78, 5) is 27.4. The molecule has 3 aromatic carbocycles. The van der Waals surface area contributed by atoms with Gasteiger partial charge in [-0.1, -0.05) is 41.1 Å². The number of nitrogens with zero attached hydrogens (tertiary/aromatic N) is 4. The number of aryl methyl sites for hydroxylation is 4. The zero-order valence-corrected chi connectivity index (χ0v) is 22.7. The Bertz CT molecular complexity index is 1570. The summed E-state index contributed by atoms with van der Waals surface area (Å²) >= 11 is 0. The molecule has 2 heterocycles. The van der Waals surface area contributed by atoms with Crippen LogP contribution in [0.5, 0.6) is 0 Å². The second kappa shape index (κ2) is 10.0. The van der Waals surface area contributed by atoms with E-state index in [-0.39, 0.29) is 18.2 Å². The summed E-state index contributed by atoms with van der Waals surface area (Å²) in [5, 5.41) is 18.4. The van der Waals surface area contributed by atoms with E-state index in [4.69, 9.17) is 0 Å². The van der Waals surface area contributed by atoms with Crippen LogP contribution in [0, 0.1) is 27.7 Å². The third-order valence-corrected chi connectivity index (χ3v) is 8.01. The first-order valence-electron chi connectivity index (χ1n) is 13.2. The van der Waals surface area contributed by atoms with Gasteiger partial charge in [-0.05, 0) is 92.1 Å². The van der Waals surface area contributed by atoms with Crippen molar-refractivity contribution in [2.45, 2.75) is 66.5 Å². The maximum absolute atomic E-state index is 13.5. The van der Waals surface area contributed by atoms with Crippen LogP contribution in [0.4, 0.5) is 0 Å². The second-order valence-electron chi connectivity index (χ2n) is 10.5. The van der Waals surface area contributed by atoms with Gasteiger partial charge in [0.05, 0.1) is 11.9 Å². The van der Waals surface area contributed by atoms with Crippen molar-refractivity contribution >= 4 is 22.9 Å². The SMILES string of the molecule is CCn1nnc2c(C)c([C@@H](CC(=O)O)c3ccc4c(c3)CN(C(=O)c3cc(C)cc(C)c3C)CC4)ccc21. The number of aromatic nitrogens is 3. The first kappa shape index (κ1) is 25.6. The minimum atomic E-state index is -0.855. The maximum Gasteiger partial charge on any atom is 0.304 e. The van der Waals surface area contributed by atoms with Crippen molar-refractivity contribution in [3.05, 3.63) is 92.5 Å². The van der Waals surface area contributed by atoms with E-state index in [9.17, 15) is 14.7 Å².